The van der Waals surface area contributed by atoms with Crippen LogP contribution in [0.1, 0.15) is 20.3 Å². The van der Waals surface area contributed by atoms with Crippen LogP contribution in [0.2, 0.25) is 0 Å². The van der Waals surface area contributed by atoms with E-state index >= 15 is 0 Å². The fraction of sp³-hybridized carbons (Fsp3) is 0.667. The average molecular weight is 97.2 g/mol. The SMILES string of the molecule is CC(C)CC=C=N. The van der Waals surface area contributed by atoms with Crippen LogP contribution < -0.4 is 0 Å². The molecule has 0 aromatic rings. The lowest BCUT2D eigenvalue weighted by Crippen LogP contribution is -1.80. The van der Waals surface area contributed by atoms with E-state index in [4.69, 9.17) is 5.41 Å². The molecule has 0 aliphatic heterocycles. The van der Waals surface area contributed by atoms with Crippen LogP contribution in [0.25, 0.3) is 0 Å². The Kier molecular flexibility index (Phi) is 3.35. The Labute approximate surface area is 44.6 Å². The molecule has 1 heteroatoms. The standard InChI is InChI=1S/C6H11N/c1-6(2)4-3-5-7/h3,6-7H,4H2,1-2H3. The summed E-state index contributed by atoms with van der Waals surface area (Å²) in [5.41, 5.74) is 0. The number of nitrogens with one attached hydrogen (secondary N) is 1. The van der Waals surface area contributed by atoms with Crippen LogP contribution in [0.3, 0.4) is 0 Å². The van der Waals surface area contributed by atoms with Crippen molar-refractivity contribution in [1.82, 2.24) is 0 Å². The zero-order valence-electron chi connectivity index (χ0n) is 4.86. The second kappa shape index (κ2) is 3.63. The highest BCUT2D eigenvalue weighted by Gasteiger charge is 1.84. The van der Waals surface area contributed by atoms with Crippen LogP contribution in [0.15, 0.2) is 6.08 Å². The molecular weight excluding hydrogens is 86.1 g/mol. The van der Waals surface area contributed by atoms with Gasteiger partial charge in [0, 0.05) is 0 Å². The van der Waals surface area contributed by atoms with Crippen molar-refractivity contribution in [1.29, 1.82) is 5.41 Å². The lowest BCUT2D eigenvalue weighted by molar-refractivity contribution is 0.666. The Balaban J connectivity index is 3.13. The summed E-state index contributed by atoms with van der Waals surface area (Å²) < 4.78 is 0. The van der Waals surface area contributed by atoms with Crippen molar-refractivity contribution in [2.24, 2.45) is 5.92 Å². The van der Waals surface area contributed by atoms with E-state index in [0.29, 0.717) is 5.92 Å². The number of hydrogen-bond donors (Lipinski definition) is 1. The van der Waals surface area contributed by atoms with Gasteiger partial charge >= 0.3 is 0 Å². The summed E-state index contributed by atoms with van der Waals surface area (Å²) in [6, 6.07) is 0. The molecule has 40 valence electrons. The largest absolute Gasteiger partial charge is 0.259 e. The van der Waals surface area contributed by atoms with Gasteiger partial charge in [-0.2, -0.15) is 0 Å². The van der Waals surface area contributed by atoms with E-state index in [1.54, 1.807) is 6.08 Å². The van der Waals surface area contributed by atoms with Crippen molar-refractivity contribution in [2.45, 2.75) is 20.3 Å². The van der Waals surface area contributed by atoms with E-state index in [0.717, 1.165) is 6.42 Å². The van der Waals surface area contributed by atoms with E-state index in [9.17, 15) is 0 Å². The van der Waals surface area contributed by atoms with Crippen LogP contribution in [-0.2, 0) is 0 Å². The van der Waals surface area contributed by atoms with Crippen molar-refractivity contribution in [3.63, 3.8) is 0 Å². The van der Waals surface area contributed by atoms with Crippen LogP contribution in [0.5, 0.6) is 0 Å². The van der Waals surface area contributed by atoms with Gasteiger partial charge in [0.1, 0.15) is 0 Å². The molecule has 0 aromatic heterocycles. The van der Waals surface area contributed by atoms with Crippen molar-refractivity contribution < 1.29 is 0 Å². The quantitative estimate of drug-likeness (QED) is 0.508. The third-order valence-electron chi connectivity index (χ3n) is 0.691. The molecule has 0 rings (SSSR count). The molecule has 0 aliphatic carbocycles. The Morgan fingerprint density at radius 3 is 2.43 bits per heavy atom. The number of allylic oxidation sites excluding steroid dienone is 1. The fourth-order valence-electron chi connectivity index (χ4n) is 0.295. The molecule has 1 nitrogen and oxygen atoms in total. The maximum atomic E-state index is 6.49. The van der Waals surface area contributed by atoms with Crippen LogP contribution in [-0.4, -0.2) is 5.87 Å². The Morgan fingerprint density at radius 1 is 1.71 bits per heavy atom. The summed E-state index contributed by atoms with van der Waals surface area (Å²) in [6.45, 7) is 4.24. The minimum absolute atomic E-state index is 0.665. The topological polar surface area (TPSA) is 23.9 Å². The van der Waals surface area contributed by atoms with Crippen molar-refractivity contribution >= 4 is 5.87 Å². The summed E-state index contributed by atoms with van der Waals surface area (Å²) in [7, 11) is 0. The van der Waals surface area contributed by atoms with Gasteiger partial charge in [0.15, 0.2) is 0 Å². The number of rotatable bonds is 2. The van der Waals surface area contributed by atoms with Gasteiger partial charge in [-0.15, -0.1) is 0 Å². The second-order valence-corrected chi connectivity index (χ2v) is 1.98. The van der Waals surface area contributed by atoms with Crippen molar-refractivity contribution in [2.75, 3.05) is 0 Å². The van der Waals surface area contributed by atoms with Crippen LogP contribution in [0.4, 0.5) is 0 Å². The Bertz CT molecular complexity index is 78.2. The highest BCUT2D eigenvalue weighted by atomic mass is 14.3. The molecule has 0 saturated heterocycles. The van der Waals surface area contributed by atoms with Gasteiger partial charge in [0.05, 0.1) is 0 Å². The minimum Gasteiger partial charge on any atom is -0.259 e. The summed E-state index contributed by atoms with van der Waals surface area (Å²) in [5, 5.41) is 6.49. The summed E-state index contributed by atoms with van der Waals surface area (Å²) in [5.74, 6) is 2.89. The zero-order chi connectivity index (χ0) is 5.70. The van der Waals surface area contributed by atoms with Crippen LogP contribution in [0, 0.1) is 11.3 Å². The molecule has 0 heterocycles. The summed E-state index contributed by atoms with van der Waals surface area (Å²) >= 11 is 0. The van der Waals surface area contributed by atoms with E-state index in [1.165, 1.54) is 0 Å². The first-order chi connectivity index (χ1) is 3.27. The molecule has 0 aliphatic rings. The molecule has 1 N–H and O–H groups in total. The zero-order valence-corrected chi connectivity index (χ0v) is 4.86. The second-order valence-electron chi connectivity index (χ2n) is 1.98. The van der Waals surface area contributed by atoms with E-state index < -0.39 is 0 Å². The van der Waals surface area contributed by atoms with Gasteiger partial charge in [0.2, 0.25) is 0 Å². The highest BCUT2D eigenvalue weighted by molar-refractivity contribution is 5.46. The van der Waals surface area contributed by atoms with E-state index in [2.05, 4.69) is 19.7 Å². The van der Waals surface area contributed by atoms with E-state index in [-0.39, 0.29) is 0 Å². The Morgan fingerprint density at radius 2 is 2.29 bits per heavy atom. The van der Waals surface area contributed by atoms with Gasteiger partial charge in [-0.05, 0) is 24.3 Å². The molecule has 0 unspecified atom stereocenters. The molecule has 0 saturated carbocycles. The van der Waals surface area contributed by atoms with Gasteiger partial charge in [0.25, 0.3) is 0 Å². The smallest absolute Gasteiger partial charge is 0.0231 e. The summed E-state index contributed by atoms with van der Waals surface area (Å²) in [4.78, 5) is 0. The van der Waals surface area contributed by atoms with Crippen LogP contribution >= 0.6 is 0 Å². The highest BCUT2D eigenvalue weighted by Crippen LogP contribution is 1.96. The van der Waals surface area contributed by atoms with Gasteiger partial charge < -0.3 is 0 Å². The maximum Gasteiger partial charge on any atom is -0.0231 e. The summed E-state index contributed by atoms with van der Waals surface area (Å²) in [6.07, 6.45) is 2.72. The molecule has 7 heavy (non-hydrogen) atoms. The van der Waals surface area contributed by atoms with Crippen molar-refractivity contribution in [3.05, 3.63) is 6.08 Å². The predicted octanol–water partition coefficient (Wildman–Crippen LogP) is 1.84. The lowest BCUT2D eigenvalue weighted by Gasteiger charge is -1.92. The first kappa shape index (κ1) is 6.45. The molecule has 0 amide bonds. The average Bonchev–Trinajstić information content (AvgIpc) is 1.61. The Hall–Kier alpha value is -0.550. The number of hydrogen-bond acceptors (Lipinski definition) is 1. The normalized spacial score (nSPS) is 8.43. The molecule has 0 radical (unpaired) electrons. The molecule has 0 aromatic carbocycles. The molecule has 0 fully saturated rings. The molecular formula is C6H11N. The maximum absolute atomic E-state index is 6.49. The molecule has 0 atom stereocenters. The van der Waals surface area contributed by atoms with Gasteiger partial charge in [-0.1, -0.05) is 13.8 Å². The predicted molar refractivity (Wildman–Crippen MR) is 31.8 cm³/mol. The third kappa shape index (κ3) is 5.45. The fourth-order valence-corrected chi connectivity index (χ4v) is 0.295. The lowest BCUT2D eigenvalue weighted by atomic mass is 10.1. The molecule has 0 bridgehead atoms. The van der Waals surface area contributed by atoms with Gasteiger partial charge in [-0.3, -0.25) is 5.41 Å². The van der Waals surface area contributed by atoms with Gasteiger partial charge in [-0.25, -0.2) is 0 Å². The first-order valence-electron chi connectivity index (χ1n) is 2.51. The van der Waals surface area contributed by atoms with Crippen molar-refractivity contribution in [3.8, 4) is 0 Å². The van der Waals surface area contributed by atoms with E-state index in [1.807, 2.05) is 0 Å². The minimum atomic E-state index is 0.665. The molecule has 0 spiro atoms. The monoisotopic (exact) mass is 97.1 g/mol. The third-order valence-corrected chi connectivity index (χ3v) is 0.691. The first-order valence-corrected chi connectivity index (χ1v) is 2.51.